The van der Waals surface area contributed by atoms with Crippen LogP contribution in [-0.2, 0) is 6.54 Å². The SMILES string of the molecule is CCN(Cc1ccc2c(c1)OCO2)C(=O)c1ccccc1C. The van der Waals surface area contributed by atoms with Gasteiger partial charge in [0.1, 0.15) is 0 Å². The fourth-order valence-corrected chi connectivity index (χ4v) is 2.57. The zero-order valence-electron chi connectivity index (χ0n) is 12.8. The van der Waals surface area contributed by atoms with Gasteiger partial charge in [0.05, 0.1) is 0 Å². The molecule has 0 bridgehead atoms. The number of fused-ring (bicyclic) bond motifs is 1. The second kappa shape index (κ2) is 6.10. The number of rotatable bonds is 4. The van der Waals surface area contributed by atoms with E-state index in [0.717, 1.165) is 28.2 Å². The van der Waals surface area contributed by atoms with Crippen LogP contribution in [0.1, 0.15) is 28.4 Å². The molecule has 0 spiro atoms. The number of carbonyl (C=O) groups excluding carboxylic acids is 1. The summed E-state index contributed by atoms with van der Waals surface area (Å²) >= 11 is 0. The molecule has 0 unspecified atom stereocenters. The largest absolute Gasteiger partial charge is 0.454 e. The normalized spacial score (nSPS) is 12.3. The fourth-order valence-electron chi connectivity index (χ4n) is 2.57. The Labute approximate surface area is 130 Å². The zero-order chi connectivity index (χ0) is 15.5. The van der Waals surface area contributed by atoms with Crippen molar-refractivity contribution in [2.24, 2.45) is 0 Å². The van der Waals surface area contributed by atoms with Crippen LogP contribution in [0.25, 0.3) is 0 Å². The molecule has 22 heavy (non-hydrogen) atoms. The summed E-state index contributed by atoms with van der Waals surface area (Å²) in [5.74, 6) is 1.56. The Hall–Kier alpha value is -2.49. The Morgan fingerprint density at radius 3 is 2.68 bits per heavy atom. The Bertz CT molecular complexity index is 696. The molecule has 0 N–H and O–H groups in total. The van der Waals surface area contributed by atoms with Crippen LogP contribution in [0.15, 0.2) is 42.5 Å². The van der Waals surface area contributed by atoms with Crippen molar-refractivity contribution in [1.82, 2.24) is 4.90 Å². The van der Waals surface area contributed by atoms with Crippen molar-refractivity contribution >= 4 is 5.91 Å². The lowest BCUT2D eigenvalue weighted by molar-refractivity contribution is 0.0751. The topological polar surface area (TPSA) is 38.8 Å². The minimum atomic E-state index is 0.0540. The van der Waals surface area contributed by atoms with Crippen LogP contribution < -0.4 is 9.47 Å². The van der Waals surface area contributed by atoms with Crippen LogP contribution in [0, 0.1) is 6.92 Å². The molecule has 0 atom stereocenters. The highest BCUT2D eigenvalue weighted by atomic mass is 16.7. The molecule has 4 nitrogen and oxygen atoms in total. The summed E-state index contributed by atoms with van der Waals surface area (Å²) in [6.45, 7) is 5.42. The van der Waals surface area contributed by atoms with Gasteiger partial charge in [-0.05, 0) is 43.2 Å². The molecule has 2 aromatic carbocycles. The molecule has 0 saturated carbocycles. The average Bonchev–Trinajstić information content (AvgIpc) is 3.00. The number of amides is 1. The minimum absolute atomic E-state index is 0.0540. The van der Waals surface area contributed by atoms with E-state index in [1.54, 1.807) is 0 Å². The van der Waals surface area contributed by atoms with Gasteiger partial charge in [0.25, 0.3) is 5.91 Å². The lowest BCUT2D eigenvalue weighted by atomic mass is 10.1. The summed E-state index contributed by atoms with van der Waals surface area (Å²) in [5.41, 5.74) is 2.79. The molecule has 114 valence electrons. The highest BCUT2D eigenvalue weighted by molar-refractivity contribution is 5.95. The predicted molar refractivity (Wildman–Crippen MR) is 84.2 cm³/mol. The maximum absolute atomic E-state index is 12.7. The van der Waals surface area contributed by atoms with Gasteiger partial charge in [-0.3, -0.25) is 4.79 Å². The van der Waals surface area contributed by atoms with E-state index in [2.05, 4.69) is 0 Å². The van der Waals surface area contributed by atoms with E-state index in [4.69, 9.17) is 9.47 Å². The molecule has 4 heteroatoms. The smallest absolute Gasteiger partial charge is 0.254 e. The number of aryl methyl sites for hydroxylation is 1. The highest BCUT2D eigenvalue weighted by Gasteiger charge is 2.18. The Morgan fingerprint density at radius 1 is 1.14 bits per heavy atom. The van der Waals surface area contributed by atoms with Crippen LogP contribution in [0.4, 0.5) is 0 Å². The maximum atomic E-state index is 12.7. The first-order chi connectivity index (χ1) is 10.7. The average molecular weight is 297 g/mol. The number of hydrogen-bond donors (Lipinski definition) is 0. The summed E-state index contributed by atoms with van der Waals surface area (Å²) in [6, 6.07) is 13.5. The van der Waals surface area contributed by atoms with Crippen molar-refractivity contribution < 1.29 is 14.3 Å². The predicted octanol–water partition coefficient (Wildman–Crippen LogP) is 3.39. The van der Waals surface area contributed by atoms with E-state index in [9.17, 15) is 4.79 Å². The molecule has 1 aliphatic rings. The Kier molecular flexibility index (Phi) is 4.00. The van der Waals surface area contributed by atoms with E-state index in [0.29, 0.717) is 13.1 Å². The van der Waals surface area contributed by atoms with Gasteiger partial charge in [-0.15, -0.1) is 0 Å². The standard InChI is InChI=1S/C18H19NO3/c1-3-19(18(20)15-7-5-4-6-13(15)2)11-14-8-9-16-17(10-14)22-12-21-16/h4-10H,3,11-12H2,1-2H3. The summed E-state index contributed by atoms with van der Waals surface area (Å²) in [6.07, 6.45) is 0. The van der Waals surface area contributed by atoms with Crippen LogP contribution in [0.3, 0.4) is 0 Å². The first-order valence-electron chi connectivity index (χ1n) is 7.42. The molecule has 2 aromatic rings. The van der Waals surface area contributed by atoms with Gasteiger partial charge in [-0.2, -0.15) is 0 Å². The third-order valence-corrected chi connectivity index (χ3v) is 3.85. The number of benzene rings is 2. The van der Waals surface area contributed by atoms with Crippen LogP contribution in [0.2, 0.25) is 0 Å². The van der Waals surface area contributed by atoms with Gasteiger partial charge in [-0.1, -0.05) is 24.3 Å². The number of hydrogen-bond acceptors (Lipinski definition) is 3. The summed E-state index contributed by atoms with van der Waals surface area (Å²) in [4.78, 5) is 14.5. The Morgan fingerprint density at radius 2 is 1.91 bits per heavy atom. The van der Waals surface area contributed by atoms with E-state index >= 15 is 0 Å². The molecule has 1 amide bonds. The summed E-state index contributed by atoms with van der Waals surface area (Å²) in [7, 11) is 0. The highest BCUT2D eigenvalue weighted by Crippen LogP contribution is 2.32. The third kappa shape index (κ3) is 2.77. The van der Waals surface area contributed by atoms with Crippen molar-refractivity contribution in [2.45, 2.75) is 20.4 Å². The second-order valence-electron chi connectivity index (χ2n) is 5.32. The molecule has 0 radical (unpaired) electrons. The van der Waals surface area contributed by atoms with Gasteiger partial charge in [-0.25, -0.2) is 0 Å². The number of nitrogens with zero attached hydrogens (tertiary/aromatic N) is 1. The van der Waals surface area contributed by atoms with Gasteiger partial charge in [0.15, 0.2) is 11.5 Å². The van der Waals surface area contributed by atoms with Crippen molar-refractivity contribution in [3.05, 3.63) is 59.2 Å². The van der Waals surface area contributed by atoms with Gasteiger partial charge in [0.2, 0.25) is 6.79 Å². The van der Waals surface area contributed by atoms with Crippen molar-refractivity contribution in [2.75, 3.05) is 13.3 Å². The maximum Gasteiger partial charge on any atom is 0.254 e. The van der Waals surface area contributed by atoms with Gasteiger partial charge >= 0.3 is 0 Å². The quantitative estimate of drug-likeness (QED) is 0.868. The van der Waals surface area contributed by atoms with Gasteiger partial charge in [0, 0.05) is 18.7 Å². The molecular weight excluding hydrogens is 278 g/mol. The van der Waals surface area contributed by atoms with Crippen molar-refractivity contribution in [3.8, 4) is 11.5 Å². The van der Waals surface area contributed by atoms with E-state index in [1.807, 2.05) is 61.2 Å². The lowest BCUT2D eigenvalue weighted by Crippen LogP contribution is -2.30. The van der Waals surface area contributed by atoms with E-state index < -0.39 is 0 Å². The Balaban J connectivity index is 1.80. The first-order valence-corrected chi connectivity index (χ1v) is 7.42. The molecular formula is C18H19NO3. The lowest BCUT2D eigenvalue weighted by Gasteiger charge is -2.22. The van der Waals surface area contributed by atoms with Crippen LogP contribution in [-0.4, -0.2) is 24.1 Å². The van der Waals surface area contributed by atoms with Crippen LogP contribution in [0.5, 0.6) is 11.5 Å². The fraction of sp³-hybridized carbons (Fsp3) is 0.278. The van der Waals surface area contributed by atoms with Crippen molar-refractivity contribution in [3.63, 3.8) is 0 Å². The molecule has 0 aliphatic carbocycles. The van der Waals surface area contributed by atoms with E-state index in [1.165, 1.54) is 0 Å². The zero-order valence-corrected chi connectivity index (χ0v) is 12.8. The summed E-state index contributed by atoms with van der Waals surface area (Å²) < 4.78 is 10.7. The molecule has 1 aliphatic heterocycles. The third-order valence-electron chi connectivity index (χ3n) is 3.85. The summed E-state index contributed by atoms with van der Waals surface area (Å²) in [5, 5.41) is 0. The minimum Gasteiger partial charge on any atom is -0.454 e. The molecule has 1 heterocycles. The number of ether oxygens (including phenoxy) is 2. The second-order valence-corrected chi connectivity index (χ2v) is 5.32. The monoisotopic (exact) mass is 297 g/mol. The van der Waals surface area contributed by atoms with Gasteiger partial charge < -0.3 is 14.4 Å². The molecule has 3 rings (SSSR count). The molecule has 0 aromatic heterocycles. The first kappa shape index (κ1) is 14.4. The van der Waals surface area contributed by atoms with Crippen LogP contribution >= 0.6 is 0 Å². The molecule has 0 saturated heterocycles. The van der Waals surface area contributed by atoms with Crippen molar-refractivity contribution in [1.29, 1.82) is 0 Å². The molecule has 0 fully saturated rings. The van der Waals surface area contributed by atoms with E-state index in [-0.39, 0.29) is 12.7 Å². The number of carbonyl (C=O) groups is 1.